The summed E-state index contributed by atoms with van der Waals surface area (Å²) in [4.78, 5) is 36.5. The van der Waals surface area contributed by atoms with E-state index in [2.05, 4.69) is 20.2 Å². The van der Waals surface area contributed by atoms with Crippen LogP contribution in [-0.4, -0.2) is 72.0 Å². The van der Waals surface area contributed by atoms with Gasteiger partial charge in [0.2, 0.25) is 0 Å². The first kappa shape index (κ1) is 19.1. The van der Waals surface area contributed by atoms with E-state index in [1.54, 1.807) is 23.1 Å². The molecule has 8 nitrogen and oxygen atoms in total. The van der Waals surface area contributed by atoms with Crippen molar-refractivity contribution in [3.8, 4) is 0 Å². The molecule has 9 heteroatoms. The van der Waals surface area contributed by atoms with Gasteiger partial charge in [-0.25, -0.2) is 14.8 Å². The van der Waals surface area contributed by atoms with Gasteiger partial charge in [0.1, 0.15) is 11.5 Å². The normalized spacial score (nSPS) is 14.7. The summed E-state index contributed by atoms with van der Waals surface area (Å²) in [6.07, 6.45) is 2.89. The van der Waals surface area contributed by atoms with E-state index < -0.39 is 5.97 Å². The molecule has 142 valence electrons. The van der Waals surface area contributed by atoms with Crippen molar-refractivity contribution in [2.45, 2.75) is 0 Å². The summed E-state index contributed by atoms with van der Waals surface area (Å²) in [5.41, 5.74) is 1.14. The second-order valence-electron chi connectivity index (χ2n) is 6.19. The van der Waals surface area contributed by atoms with Gasteiger partial charge in [0.15, 0.2) is 0 Å². The predicted molar refractivity (Wildman–Crippen MR) is 102 cm³/mol. The van der Waals surface area contributed by atoms with Crippen LogP contribution in [0.3, 0.4) is 0 Å². The molecule has 1 aromatic heterocycles. The van der Waals surface area contributed by atoms with Crippen molar-refractivity contribution in [1.29, 1.82) is 0 Å². The van der Waals surface area contributed by atoms with Crippen molar-refractivity contribution in [3.63, 3.8) is 0 Å². The summed E-state index contributed by atoms with van der Waals surface area (Å²) in [6, 6.07) is 4.73. The number of halogens is 1. The lowest BCUT2D eigenvalue weighted by molar-refractivity contribution is 0.0599. The van der Waals surface area contributed by atoms with Gasteiger partial charge in [0.25, 0.3) is 5.91 Å². The topological polar surface area (TPSA) is 87.7 Å². The molecular formula is C18H20ClN5O3. The minimum Gasteiger partial charge on any atom is -0.465 e. The van der Waals surface area contributed by atoms with Crippen LogP contribution in [0, 0.1) is 0 Å². The highest BCUT2D eigenvalue weighted by Crippen LogP contribution is 2.26. The molecule has 1 aliphatic rings. The molecule has 2 heterocycles. The highest BCUT2D eigenvalue weighted by molar-refractivity contribution is 6.33. The summed E-state index contributed by atoms with van der Waals surface area (Å²) >= 11 is 6.16. The number of nitrogens with one attached hydrogen (secondary N) is 1. The molecular weight excluding hydrogens is 370 g/mol. The number of nitrogens with zero attached hydrogens (tertiary/aromatic N) is 4. The lowest BCUT2D eigenvalue weighted by atomic mass is 10.2. The number of benzene rings is 1. The molecule has 0 radical (unpaired) electrons. The van der Waals surface area contributed by atoms with E-state index in [-0.39, 0.29) is 5.91 Å². The molecule has 1 amide bonds. The standard InChI is InChI=1S/C18H20ClN5O3/c1-23-5-7-24(8-6-23)17(25)15-10-21-16(11-20-15)22-14-9-12(18(26)27-2)3-4-13(14)19/h3-4,9-11H,5-8H2,1-2H3,(H,21,22). The zero-order chi connectivity index (χ0) is 19.4. The summed E-state index contributed by atoms with van der Waals surface area (Å²) in [5, 5.41) is 3.42. The van der Waals surface area contributed by atoms with Crippen LogP contribution in [-0.2, 0) is 4.74 Å². The molecule has 0 atom stereocenters. The minimum absolute atomic E-state index is 0.132. The number of hydrogen-bond donors (Lipinski definition) is 1. The lowest BCUT2D eigenvalue weighted by Gasteiger charge is -2.32. The van der Waals surface area contributed by atoms with Gasteiger partial charge in [-0.1, -0.05) is 11.6 Å². The first-order valence-electron chi connectivity index (χ1n) is 8.42. The minimum atomic E-state index is -0.464. The summed E-state index contributed by atoms with van der Waals surface area (Å²) in [6.45, 7) is 3.03. The smallest absolute Gasteiger partial charge is 0.337 e. The van der Waals surface area contributed by atoms with Crippen molar-refractivity contribution in [2.24, 2.45) is 0 Å². The second-order valence-corrected chi connectivity index (χ2v) is 6.60. The fourth-order valence-corrected chi connectivity index (χ4v) is 2.84. The lowest BCUT2D eigenvalue weighted by Crippen LogP contribution is -2.47. The maximum Gasteiger partial charge on any atom is 0.337 e. The zero-order valence-electron chi connectivity index (χ0n) is 15.1. The number of carbonyl (C=O) groups excluding carboxylic acids is 2. The highest BCUT2D eigenvalue weighted by atomic mass is 35.5. The van der Waals surface area contributed by atoms with E-state index in [1.165, 1.54) is 19.5 Å². The van der Waals surface area contributed by atoms with Crippen LogP contribution in [0.5, 0.6) is 0 Å². The van der Waals surface area contributed by atoms with Gasteiger partial charge in [-0.05, 0) is 25.2 Å². The number of piperazine rings is 1. The number of hydrogen-bond acceptors (Lipinski definition) is 7. The van der Waals surface area contributed by atoms with Gasteiger partial charge in [-0.3, -0.25) is 4.79 Å². The molecule has 0 aliphatic carbocycles. The summed E-state index contributed by atoms with van der Waals surface area (Å²) < 4.78 is 4.70. The third-order valence-electron chi connectivity index (χ3n) is 4.31. The van der Waals surface area contributed by atoms with E-state index in [0.717, 1.165) is 13.1 Å². The summed E-state index contributed by atoms with van der Waals surface area (Å²) in [5.74, 6) is -0.185. The van der Waals surface area contributed by atoms with Gasteiger partial charge in [0.05, 0.1) is 35.8 Å². The highest BCUT2D eigenvalue weighted by Gasteiger charge is 2.21. The fourth-order valence-electron chi connectivity index (χ4n) is 2.68. The van der Waals surface area contributed by atoms with Crippen LogP contribution in [0.1, 0.15) is 20.8 Å². The van der Waals surface area contributed by atoms with Crippen LogP contribution >= 0.6 is 11.6 Å². The van der Waals surface area contributed by atoms with Crippen LogP contribution in [0.15, 0.2) is 30.6 Å². The first-order chi connectivity index (χ1) is 13.0. The van der Waals surface area contributed by atoms with Crippen molar-refractivity contribution in [2.75, 3.05) is 45.7 Å². The Bertz CT molecular complexity index is 835. The Kier molecular flexibility index (Phi) is 5.88. The summed E-state index contributed by atoms with van der Waals surface area (Å²) in [7, 11) is 3.34. The number of methoxy groups -OCH3 is 1. The van der Waals surface area contributed by atoms with E-state index in [1.807, 2.05) is 7.05 Å². The number of rotatable bonds is 4. The third kappa shape index (κ3) is 4.53. The van der Waals surface area contributed by atoms with Gasteiger partial charge in [-0.15, -0.1) is 0 Å². The van der Waals surface area contributed by atoms with Crippen molar-refractivity contribution < 1.29 is 14.3 Å². The van der Waals surface area contributed by atoms with Crippen molar-refractivity contribution in [3.05, 3.63) is 46.9 Å². The first-order valence-corrected chi connectivity index (χ1v) is 8.80. The van der Waals surface area contributed by atoms with E-state index in [4.69, 9.17) is 16.3 Å². The Hall–Kier alpha value is -2.71. The molecule has 0 bridgehead atoms. The molecule has 1 aliphatic heterocycles. The third-order valence-corrected chi connectivity index (χ3v) is 4.64. The number of amides is 1. The molecule has 0 saturated carbocycles. The van der Waals surface area contributed by atoms with Gasteiger partial charge >= 0.3 is 5.97 Å². The van der Waals surface area contributed by atoms with Gasteiger partial charge in [-0.2, -0.15) is 0 Å². The number of carbonyl (C=O) groups is 2. The van der Waals surface area contributed by atoms with Crippen LogP contribution in [0.2, 0.25) is 5.02 Å². The molecule has 0 unspecified atom stereocenters. The molecule has 3 rings (SSSR count). The quantitative estimate of drug-likeness (QED) is 0.800. The SMILES string of the molecule is COC(=O)c1ccc(Cl)c(Nc2cnc(C(=O)N3CCN(C)CC3)cn2)c1. The van der Waals surface area contributed by atoms with Gasteiger partial charge < -0.3 is 19.9 Å². The molecule has 27 heavy (non-hydrogen) atoms. The molecule has 1 N–H and O–H groups in total. The Balaban J connectivity index is 1.71. The monoisotopic (exact) mass is 389 g/mol. The predicted octanol–water partition coefficient (Wildman–Crippen LogP) is 2.05. The Morgan fingerprint density at radius 3 is 2.52 bits per heavy atom. The maximum absolute atomic E-state index is 12.5. The Morgan fingerprint density at radius 1 is 1.15 bits per heavy atom. The molecule has 0 spiro atoms. The molecule has 1 aromatic carbocycles. The van der Waals surface area contributed by atoms with Gasteiger partial charge in [0, 0.05) is 26.2 Å². The number of ether oxygens (including phenoxy) is 1. The fraction of sp³-hybridized carbons (Fsp3) is 0.333. The Labute approximate surface area is 162 Å². The van der Waals surface area contributed by atoms with Crippen LogP contribution in [0.4, 0.5) is 11.5 Å². The number of anilines is 2. The van der Waals surface area contributed by atoms with Crippen molar-refractivity contribution in [1.82, 2.24) is 19.8 Å². The van der Waals surface area contributed by atoms with E-state index in [9.17, 15) is 9.59 Å². The average Bonchev–Trinajstić information content (AvgIpc) is 2.69. The van der Waals surface area contributed by atoms with E-state index in [0.29, 0.717) is 40.9 Å². The number of esters is 1. The molecule has 1 fully saturated rings. The number of likely N-dealkylation sites (N-methyl/N-ethyl adjacent to an activating group) is 1. The van der Waals surface area contributed by atoms with Crippen LogP contribution in [0.25, 0.3) is 0 Å². The van der Waals surface area contributed by atoms with E-state index >= 15 is 0 Å². The largest absolute Gasteiger partial charge is 0.465 e. The average molecular weight is 390 g/mol. The zero-order valence-corrected chi connectivity index (χ0v) is 15.9. The molecule has 2 aromatic rings. The Morgan fingerprint density at radius 2 is 1.89 bits per heavy atom. The number of aromatic nitrogens is 2. The van der Waals surface area contributed by atoms with Crippen LogP contribution < -0.4 is 5.32 Å². The molecule has 1 saturated heterocycles. The second kappa shape index (κ2) is 8.32. The van der Waals surface area contributed by atoms with Crippen molar-refractivity contribution >= 4 is 35.0 Å². The maximum atomic E-state index is 12.5.